The largest absolute Gasteiger partial charge is 0.263 e. The zero-order valence-electron chi connectivity index (χ0n) is 8.72. The number of hydrogen-bond donors (Lipinski definition) is 0. The van der Waals surface area contributed by atoms with Gasteiger partial charge in [-0.15, -0.1) is 11.6 Å². The first-order valence-electron chi connectivity index (χ1n) is 4.63. The van der Waals surface area contributed by atoms with E-state index in [-0.39, 0.29) is 10.8 Å². The average Bonchev–Trinajstić information content (AvgIpc) is 2.07. The number of nitrogens with zero attached hydrogens (tertiary/aromatic N) is 1. The first kappa shape index (κ1) is 11.8. The smallest absolute Gasteiger partial charge is 0.0621 e. The second kappa shape index (κ2) is 4.50. The highest BCUT2D eigenvalue weighted by molar-refractivity contribution is 6.31. The monoisotopic (exact) mass is 231 g/mol. The Kier molecular flexibility index (Phi) is 3.79. The number of aromatic nitrogens is 1. The van der Waals surface area contributed by atoms with Crippen molar-refractivity contribution in [3.8, 4) is 0 Å². The lowest BCUT2D eigenvalue weighted by Crippen LogP contribution is -2.23. The summed E-state index contributed by atoms with van der Waals surface area (Å²) in [6, 6.07) is 1.92. The van der Waals surface area contributed by atoms with E-state index in [2.05, 4.69) is 25.8 Å². The minimum Gasteiger partial charge on any atom is -0.263 e. The Morgan fingerprint density at radius 3 is 2.57 bits per heavy atom. The second-order valence-electron chi connectivity index (χ2n) is 4.50. The SMILES string of the molecule is CC(C)(C)C(Cl)Cc1ccncc1Cl. The van der Waals surface area contributed by atoms with Gasteiger partial charge in [0.1, 0.15) is 0 Å². The molecule has 1 heterocycles. The van der Waals surface area contributed by atoms with Gasteiger partial charge in [-0.1, -0.05) is 32.4 Å². The molecule has 1 aromatic rings. The molecule has 1 unspecified atom stereocenters. The molecule has 0 amide bonds. The molecule has 0 N–H and O–H groups in total. The molecule has 14 heavy (non-hydrogen) atoms. The summed E-state index contributed by atoms with van der Waals surface area (Å²) < 4.78 is 0. The van der Waals surface area contributed by atoms with Crippen molar-refractivity contribution in [3.05, 3.63) is 29.0 Å². The molecule has 0 bridgehead atoms. The van der Waals surface area contributed by atoms with Crippen molar-refractivity contribution in [1.82, 2.24) is 4.98 Å². The number of pyridine rings is 1. The lowest BCUT2D eigenvalue weighted by Gasteiger charge is -2.25. The molecule has 0 aliphatic carbocycles. The Balaban J connectivity index is 2.75. The quantitative estimate of drug-likeness (QED) is 0.704. The van der Waals surface area contributed by atoms with Crippen LogP contribution in [-0.2, 0) is 6.42 Å². The summed E-state index contributed by atoms with van der Waals surface area (Å²) in [5.41, 5.74) is 1.16. The van der Waals surface area contributed by atoms with Gasteiger partial charge in [0.15, 0.2) is 0 Å². The van der Waals surface area contributed by atoms with Crippen LogP contribution in [0.15, 0.2) is 18.5 Å². The third kappa shape index (κ3) is 3.14. The van der Waals surface area contributed by atoms with Crippen molar-refractivity contribution in [2.75, 3.05) is 0 Å². The molecule has 1 atom stereocenters. The molecule has 78 valence electrons. The molecule has 0 radical (unpaired) electrons. The van der Waals surface area contributed by atoms with Crippen LogP contribution in [0.4, 0.5) is 0 Å². The van der Waals surface area contributed by atoms with Crippen LogP contribution >= 0.6 is 23.2 Å². The van der Waals surface area contributed by atoms with E-state index in [0.29, 0.717) is 5.02 Å². The van der Waals surface area contributed by atoms with E-state index in [1.165, 1.54) is 0 Å². The Labute approximate surface area is 95.4 Å². The van der Waals surface area contributed by atoms with Gasteiger partial charge in [-0.3, -0.25) is 4.98 Å². The molecule has 0 aromatic carbocycles. The first-order valence-corrected chi connectivity index (χ1v) is 5.45. The molecule has 1 aromatic heterocycles. The molecule has 0 aliphatic rings. The van der Waals surface area contributed by atoms with Crippen molar-refractivity contribution in [2.45, 2.75) is 32.6 Å². The molecule has 1 rings (SSSR count). The Hall–Kier alpha value is -0.270. The Bertz CT molecular complexity index is 304. The number of hydrogen-bond acceptors (Lipinski definition) is 1. The zero-order chi connectivity index (χ0) is 10.8. The van der Waals surface area contributed by atoms with E-state index in [1.807, 2.05) is 6.07 Å². The molecule has 0 saturated carbocycles. The molecular weight excluding hydrogens is 217 g/mol. The Morgan fingerprint density at radius 1 is 1.43 bits per heavy atom. The summed E-state index contributed by atoms with van der Waals surface area (Å²) in [5.74, 6) is 0. The highest BCUT2D eigenvalue weighted by Gasteiger charge is 2.22. The summed E-state index contributed by atoms with van der Waals surface area (Å²) in [4.78, 5) is 3.94. The lowest BCUT2D eigenvalue weighted by molar-refractivity contribution is 0.386. The summed E-state index contributed by atoms with van der Waals surface area (Å²) in [5, 5.41) is 0.782. The highest BCUT2D eigenvalue weighted by atomic mass is 35.5. The van der Waals surface area contributed by atoms with Gasteiger partial charge in [-0.2, -0.15) is 0 Å². The summed E-state index contributed by atoms with van der Waals surface area (Å²) in [6.07, 6.45) is 4.18. The van der Waals surface area contributed by atoms with Crippen LogP contribution in [0.3, 0.4) is 0 Å². The molecule has 1 nitrogen and oxygen atoms in total. The molecule has 0 fully saturated rings. The number of rotatable bonds is 2. The standard InChI is InChI=1S/C11H15Cl2N/c1-11(2,3)10(13)6-8-4-5-14-7-9(8)12/h4-5,7,10H,6H2,1-3H3. The van der Waals surface area contributed by atoms with Crippen LogP contribution in [0.5, 0.6) is 0 Å². The van der Waals surface area contributed by atoms with Crippen LogP contribution in [0.25, 0.3) is 0 Å². The summed E-state index contributed by atoms with van der Waals surface area (Å²) in [6.45, 7) is 6.37. The minimum atomic E-state index is 0.0856. The van der Waals surface area contributed by atoms with Crippen molar-refractivity contribution < 1.29 is 0 Å². The maximum absolute atomic E-state index is 6.28. The minimum absolute atomic E-state index is 0.0856. The van der Waals surface area contributed by atoms with Crippen molar-refractivity contribution in [2.24, 2.45) is 5.41 Å². The average molecular weight is 232 g/mol. The van der Waals surface area contributed by atoms with Crippen LogP contribution in [0.1, 0.15) is 26.3 Å². The molecule has 0 spiro atoms. The maximum Gasteiger partial charge on any atom is 0.0621 e. The lowest BCUT2D eigenvalue weighted by atomic mass is 9.88. The van der Waals surface area contributed by atoms with E-state index >= 15 is 0 Å². The van der Waals surface area contributed by atoms with Gasteiger partial charge in [-0.05, 0) is 23.5 Å². The van der Waals surface area contributed by atoms with Gasteiger partial charge in [0.25, 0.3) is 0 Å². The van der Waals surface area contributed by atoms with Crippen molar-refractivity contribution in [1.29, 1.82) is 0 Å². The van der Waals surface area contributed by atoms with Gasteiger partial charge in [-0.25, -0.2) is 0 Å². The zero-order valence-corrected chi connectivity index (χ0v) is 10.2. The van der Waals surface area contributed by atoms with Gasteiger partial charge >= 0.3 is 0 Å². The Morgan fingerprint density at radius 2 is 2.07 bits per heavy atom. The van der Waals surface area contributed by atoms with Crippen molar-refractivity contribution in [3.63, 3.8) is 0 Å². The number of alkyl halides is 1. The van der Waals surface area contributed by atoms with Gasteiger partial charge in [0.05, 0.1) is 5.02 Å². The normalized spacial score (nSPS) is 14.1. The predicted octanol–water partition coefficient (Wildman–Crippen LogP) is 3.93. The third-order valence-corrected chi connectivity index (χ3v) is 3.34. The molecular formula is C11H15Cl2N. The number of halogens is 2. The third-order valence-electron chi connectivity index (χ3n) is 2.20. The maximum atomic E-state index is 6.28. The fourth-order valence-electron chi connectivity index (χ4n) is 1.07. The molecule has 0 aliphatic heterocycles. The predicted molar refractivity (Wildman–Crippen MR) is 62.0 cm³/mol. The second-order valence-corrected chi connectivity index (χ2v) is 5.44. The highest BCUT2D eigenvalue weighted by Crippen LogP contribution is 2.29. The molecule has 3 heteroatoms. The van der Waals surface area contributed by atoms with Crippen LogP contribution < -0.4 is 0 Å². The topological polar surface area (TPSA) is 12.9 Å². The molecule has 0 saturated heterocycles. The van der Waals surface area contributed by atoms with Gasteiger partial charge < -0.3 is 0 Å². The fraction of sp³-hybridized carbons (Fsp3) is 0.545. The van der Waals surface area contributed by atoms with E-state index in [9.17, 15) is 0 Å². The van der Waals surface area contributed by atoms with Crippen LogP contribution in [-0.4, -0.2) is 10.4 Å². The fourth-order valence-corrected chi connectivity index (χ4v) is 1.43. The van der Waals surface area contributed by atoms with Crippen LogP contribution in [0.2, 0.25) is 5.02 Å². The first-order chi connectivity index (χ1) is 6.41. The van der Waals surface area contributed by atoms with Crippen molar-refractivity contribution >= 4 is 23.2 Å². The summed E-state index contributed by atoms with van der Waals surface area (Å²) >= 11 is 12.3. The van der Waals surface area contributed by atoms with Gasteiger partial charge in [0.2, 0.25) is 0 Å². The van der Waals surface area contributed by atoms with E-state index in [1.54, 1.807) is 12.4 Å². The van der Waals surface area contributed by atoms with Crippen LogP contribution in [0, 0.1) is 5.41 Å². The van der Waals surface area contributed by atoms with Gasteiger partial charge in [0, 0.05) is 17.8 Å². The van der Waals surface area contributed by atoms with E-state index < -0.39 is 0 Å². The summed E-state index contributed by atoms with van der Waals surface area (Å²) in [7, 11) is 0. The van der Waals surface area contributed by atoms with E-state index in [4.69, 9.17) is 23.2 Å². The van der Waals surface area contributed by atoms with E-state index in [0.717, 1.165) is 12.0 Å².